The van der Waals surface area contributed by atoms with Crippen LogP contribution in [-0.2, 0) is 16.0 Å². The van der Waals surface area contributed by atoms with Crippen molar-refractivity contribution in [2.24, 2.45) is 5.92 Å². The van der Waals surface area contributed by atoms with Crippen LogP contribution in [0, 0.1) is 18.7 Å². The number of likely N-dealkylation sites (tertiary alicyclic amines) is 1. The van der Waals surface area contributed by atoms with E-state index in [1.807, 2.05) is 11.8 Å². The lowest BCUT2D eigenvalue weighted by Crippen LogP contribution is -2.42. The van der Waals surface area contributed by atoms with Gasteiger partial charge in [-0.15, -0.1) is 0 Å². The lowest BCUT2D eigenvalue weighted by molar-refractivity contribution is -0.132. The average Bonchev–Trinajstić information content (AvgIpc) is 3.01. The van der Waals surface area contributed by atoms with Gasteiger partial charge in [-0.3, -0.25) is 4.79 Å². The van der Waals surface area contributed by atoms with Crippen LogP contribution < -0.4 is 0 Å². The summed E-state index contributed by atoms with van der Waals surface area (Å²) in [4.78, 5) is 19.0. The topological polar surface area (TPSA) is 55.6 Å². The van der Waals surface area contributed by atoms with Crippen LogP contribution >= 0.6 is 0 Å². The van der Waals surface area contributed by atoms with Crippen LogP contribution in [-0.4, -0.2) is 42.1 Å². The third-order valence-corrected chi connectivity index (χ3v) is 4.73. The summed E-state index contributed by atoms with van der Waals surface area (Å²) in [5.41, 5.74) is 1.34. The van der Waals surface area contributed by atoms with Crippen molar-refractivity contribution in [1.82, 2.24) is 9.88 Å². The van der Waals surface area contributed by atoms with Gasteiger partial charge in [0.1, 0.15) is 11.6 Å². The monoisotopic (exact) mass is 360 g/mol. The van der Waals surface area contributed by atoms with Gasteiger partial charge in [0.2, 0.25) is 11.8 Å². The van der Waals surface area contributed by atoms with Gasteiger partial charge in [0.25, 0.3) is 0 Å². The number of carbonyl (C=O) groups is 1. The standard InChI is InChI=1S/C20H25FN2O3/c1-3-25-13-15-5-4-10-23(12-15)19(24)11-18-14(2)26-20(22-18)16-6-8-17(21)9-7-16/h6-9,15H,3-5,10-13H2,1-2H3. The Morgan fingerprint density at radius 1 is 1.38 bits per heavy atom. The molecule has 1 aliphatic heterocycles. The molecule has 140 valence electrons. The second-order valence-corrected chi connectivity index (χ2v) is 6.71. The smallest absolute Gasteiger partial charge is 0.228 e. The molecule has 1 amide bonds. The van der Waals surface area contributed by atoms with Crippen molar-refractivity contribution in [1.29, 1.82) is 0 Å². The number of rotatable bonds is 6. The van der Waals surface area contributed by atoms with Gasteiger partial charge in [-0.2, -0.15) is 0 Å². The number of aromatic nitrogens is 1. The van der Waals surface area contributed by atoms with E-state index in [9.17, 15) is 9.18 Å². The predicted octanol–water partition coefficient (Wildman–Crippen LogP) is 3.61. The molecule has 26 heavy (non-hydrogen) atoms. The highest BCUT2D eigenvalue weighted by Gasteiger charge is 2.25. The number of carbonyl (C=O) groups excluding carboxylic acids is 1. The molecule has 1 aliphatic rings. The molecule has 0 radical (unpaired) electrons. The van der Waals surface area contributed by atoms with Gasteiger partial charge < -0.3 is 14.1 Å². The van der Waals surface area contributed by atoms with Crippen LogP contribution in [0.5, 0.6) is 0 Å². The van der Waals surface area contributed by atoms with Crippen LogP contribution in [0.25, 0.3) is 11.5 Å². The zero-order chi connectivity index (χ0) is 18.5. The largest absolute Gasteiger partial charge is 0.441 e. The molecule has 6 heteroatoms. The fourth-order valence-electron chi connectivity index (χ4n) is 3.28. The first-order chi connectivity index (χ1) is 12.6. The highest BCUT2D eigenvalue weighted by atomic mass is 19.1. The van der Waals surface area contributed by atoms with Crippen molar-refractivity contribution in [3.8, 4) is 11.5 Å². The Bertz CT molecular complexity index is 742. The highest BCUT2D eigenvalue weighted by molar-refractivity contribution is 5.78. The van der Waals surface area contributed by atoms with Crippen molar-refractivity contribution in [3.63, 3.8) is 0 Å². The van der Waals surface area contributed by atoms with Gasteiger partial charge in [-0.25, -0.2) is 9.37 Å². The SMILES string of the molecule is CCOCC1CCCN(C(=O)Cc2nc(-c3ccc(F)cc3)oc2C)C1. The summed E-state index contributed by atoms with van der Waals surface area (Å²) in [5, 5.41) is 0. The normalized spacial score (nSPS) is 17.5. The summed E-state index contributed by atoms with van der Waals surface area (Å²) in [6.45, 7) is 6.71. The van der Waals surface area contributed by atoms with Gasteiger partial charge in [0, 0.05) is 25.3 Å². The first-order valence-corrected chi connectivity index (χ1v) is 9.14. The Kier molecular flexibility index (Phi) is 6.04. The molecule has 1 aromatic heterocycles. The Labute approximate surface area is 153 Å². The number of amides is 1. The first kappa shape index (κ1) is 18.6. The molecule has 1 unspecified atom stereocenters. The van der Waals surface area contributed by atoms with Gasteiger partial charge in [0.15, 0.2) is 0 Å². The molecular weight excluding hydrogens is 335 g/mol. The number of ether oxygens (including phenoxy) is 1. The number of piperidine rings is 1. The van der Waals surface area contributed by atoms with Crippen LogP contribution in [0.2, 0.25) is 0 Å². The van der Waals surface area contributed by atoms with E-state index in [0.717, 1.165) is 25.9 Å². The van der Waals surface area contributed by atoms with E-state index in [2.05, 4.69) is 4.98 Å². The average molecular weight is 360 g/mol. The van der Waals surface area contributed by atoms with Crippen LogP contribution in [0.4, 0.5) is 4.39 Å². The minimum absolute atomic E-state index is 0.0632. The van der Waals surface area contributed by atoms with Crippen molar-refractivity contribution < 1.29 is 18.3 Å². The third kappa shape index (κ3) is 4.49. The van der Waals surface area contributed by atoms with Gasteiger partial charge in [-0.05, 0) is 56.9 Å². The van der Waals surface area contributed by atoms with E-state index >= 15 is 0 Å². The number of benzene rings is 1. The van der Waals surface area contributed by atoms with Gasteiger partial charge in [0.05, 0.1) is 18.7 Å². The number of oxazole rings is 1. The number of aryl methyl sites for hydroxylation is 1. The molecule has 1 fully saturated rings. The number of nitrogens with zero attached hydrogens (tertiary/aromatic N) is 2. The van der Waals surface area contributed by atoms with Crippen LogP contribution in [0.15, 0.2) is 28.7 Å². The fourth-order valence-corrected chi connectivity index (χ4v) is 3.28. The summed E-state index contributed by atoms with van der Waals surface area (Å²) < 4.78 is 24.2. The van der Waals surface area contributed by atoms with E-state index in [-0.39, 0.29) is 18.1 Å². The predicted molar refractivity (Wildman–Crippen MR) is 96.1 cm³/mol. The molecule has 0 spiro atoms. The number of halogens is 1. The molecule has 5 nitrogen and oxygen atoms in total. The maximum atomic E-state index is 13.1. The molecule has 0 N–H and O–H groups in total. The summed E-state index contributed by atoms with van der Waals surface area (Å²) in [7, 11) is 0. The molecule has 3 rings (SSSR count). The molecule has 1 saturated heterocycles. The third-order valence-electron chi connectivity index (χ3n) is 4.73. The highest BCUT2D eigenvalue weighted by Crippen LogP contribution is 2.23. The molecule has 0 aliphatic carbocycles. The molecule has 0 bridgehead atoms. The number of hydrogen-bond acceptors (Lipinski definition) is 4. The second kappa shape index (κ2) is 8.45. The van der Waals surface area contributed by atoms with Gasteiger partial charge in [-0.1, -0.05) is 0 Å². The van der Waals surface area contributed by atoms with Crippen molar-refractivity contribution in [3.05, 3.63) is 41.5 Å². The molecule has 2 heterocycles. The minimum Gasteiger partial charge on any atom is -0.441 e. The van der Waals surface area contributed by atoms with E-state index in [1.165, 1.54) is 12.1 Å². The van der Waals surface area contributed by atoms with Crippen molar-refractivity contribution >= 4 is 5.91 Å². The fraction of sp³-hybridized carbons (Fsp3) is 0.500. The Morgan fingerprint density at radius 2 is 2.15 bits per heavy atom. The summed E-state index contributed by atoms with van der Waals surface area (Å²) in [5.74, 6) is 1.20. The first-order valence-electron chi connectivity index (χ1n) is 9.14. The maximum absolute atomic E-state index is 13.1. The zero-order valence-electron chi connectivity index (χ0n) is 15.3. The Balaban J connectivity index is 1.65. The summed E-state index contributed by atoms with van der Waals surface area (Å²) >= 11 is 0. The minimum atomic E-state index is -0.306. The van der Waals surface area contributed by atoms with Crippen LogP contribution in [0.1, 0.15) is 31.2 Å². The van der Waals surface area contributed by atoms with Crippen molar-refractivity contribution in [2.45, 2.75) is 33.1 Å². The quantitative estimate of drug-likeness (QED) is 0.790. The zero-order valence-corrected chi connectivity index (χ0v) is 15.3. The Hall–Kier alpha value is -2.21. The summed E-state index contributed by atoms with van der Waals surface area (Å²) in [6, 6.07) is 5.97. The molecule has 2 aromatic rings. The lowest BCUT2D eigenvalue weighted by Gasteiger charge is -2.32. The molecule has 0 saturated carbocycles. The Morgan fingerprint density at radius 3 is 2.88 bits per heavy atom. The van der Waals surface area contributed by atoms with Gasteiger partial charge >= 0.3 is 0 Å². The van der Waals surface area contributed by atoms with Crippen molar-refractivity contribution in [2.75, 3.05) is 26.3 Å². The molecule has 1 atom stereocenters. The summed E-state index contributed by atoms with van der Waals surface area (Å²) in [6.07, 6.45) is 2.32. The van der Waals surface area contributed by atoms with Crippen LogP contribution in [0.3, 0.4) is 0 Å². The lowest BCUT2D eigenvalue weighted by atomic mass is 9.98. The van der Waals surface area contributed by atoms with E-state index in [0.29, 0.717) is 42.0 Å². The second-order valence-electron chi connectivity index (χ2n) is 6.71. The van der Waals surface area contributed by atoms with E-state index in [4.69, 9.17) is 9.15 Å². The van der Waals surface area contributed by atoms with E-state index < -0.39 is 0 Å². The molecular formula is C20H25FN2O3. The maximum Gasteiger partial charge on any atom is 0.228 e. The molecule has 1 aromatic carbocycles. The number of hydrogen-bond donors (Lipinski definition) is 0. The van der Waals surface area contributed by atoms with E-state index in [1.54, 1.807) is 19.1 Å².